The van der Waals surface area contributed by atoms with Gasteiger partial charge in [-0.1, -0.05) is 6.42 Å². The van der Waals surface area contributed by atoms with Crippen LogP contribution >= 0.6 is 0 Å². The minimum atomic E-state index is 0.642. The molecule has 11 heavy (non-hydrogen) atoms. The summed E-state index contributed by atoms with van der Waals surface area (Å²) in [4.78, 5) is 3.94. The topological polar surface area (TPSA) is 38.9 Å². The van der Waals surface area contributed by atoms with Crippen molar-refractivity contribution in [1.82, 2.24) is 4.98 Å². The zero-order valence-electron chi connectivity index (χ0n) is 6.38. The van der Waals surface area contributed by atoms with Crippen LogP contribution < -0.4 is 5.73 Å². The molecule has 0 atom stereocenters. The van der Waals surface area contributed by atoms with Crippen LogP contribution in [-0.4, -0.2) is 4.98 Å². The minimum Gasteiger partial charge on any atom is -0.398 e. The number of rotatable bonds is 1. The van der Waals surface area contributed by atoms with Gasteiger partial charge in [0.1, 0.15) is 0 Å². The van der Waals surface area contributed by atoms with E-state index in [2.05, 4.69) is 11.2 Å². The molecule has 1 aliphatic carbocycles. The van der Waals surface area contributed by atoms with E-state index in [4.69, 9.17) is 5.73 Å². The summed E-state index contributed by atoms with van der Waals surface area (Å²) in [6.45, 7) is 0. The third-order valence-electron chi connectivity index (χ3n) is 2.34. The molecule has 2 rings (SSSR count). The van der Waals surface area contributed by atoms with E-state index < -0.39 is 0 Å². The molecule has 0 unspecified atom stereocenters. The average Bonchev–Trinajstić information content (AvgIpc) is 1.90. The van der Waals surface area contributed by atoms with Gasteiger partial charge in [-0.3, -0.25) is 4.98 Å². The Labute approximate surface area is 66.4 Å². The number of aromatic nitrogens is 1. The van der Waals surface area contributed by atoms with Gasteiger partial charge < -0.3 is 5.73 Å². The second-order valence-corrected chi connectivity index (χ2v) is 3.05. The number of anilines is 1. The van der Waals surface area contributed by atoms with Gasteiger partial charge in [0.05, 0.1) is 6.20 Å². The van der Waals surface area contributed by atoms with Crippen LogP contribution in [-0.2, 0) is 0 Å². The van der Waals surface area contributed by atoms with E-state index in [1.54, 1.807) is 6.20 Å². The third kappa shape index (κ3) is 1.09. The molecule has 0 aromatic carbocycles. The molecule has 0 saturated heterocycles. The lowest BCUT2D eigenvalue weighted by atomic mass is 9.80. The second-order valence-electron chi connectivity index (χ2n) is 3.05. The van der Waals surface area contributed by atoms with Gasteiger partial charge in [-0.05, 0) is 24.8 Å². The molecule has 1 heterocycles. The average molecular weight is 147 g/mol. The summed E-state index contributed by atoms with van der Waals surface area (Å²) in [5.74, 6) is 0.642. The Hall–Kier alpha value is -1.05. The summed E-state index contributed by atoms with van der Waals surface area (Å²) in [6, 6.07) is 1.85. The van der Waals surface area contributed by atoms with Gasteiger partial charge in [0.15, 0.2) is 0 Å². The Morgan fingerprint density at radius 3 is 2.91 bits per heavy atom. The van der Waals surface area contributed by atoms with Gasteiger partial charge >= 0.3 is 0 Å². The van der Waals surface area contributed by atoms with E-state index in [1.807, 2.05) is 6.07 Å². The highest BCUT2D eigenvalue weighted by Crippen LogP contribution is 2.37. The molecule has 0 spiro atoms. The van der Waals surface area contributed by atoms with Gasteiger partial charge in [0.2, 0.25) is 0 Å². The molecule has 2 heteroatoms. The SMILES string of the molecule is Nc1ccn[c]c1C1CCC1. The first-order valence-corrected chi connectivity index (χ1v) is 4.00. The highest BCUT2D eigenvalue weighted by Gasteiger charge is 2.21. The third-order valence-corrected chi connectivity index (χ3v) is 2.34. The van der Waals surface area contributed by atoms with Gasteiger partial charge in [0.25, 0.3) is 0 Å². The van der Waals surface area contributed by atoms with E-state index in [9.17, 15) is 0 Å². The summed E-state index contributed by atoms with van der Waals surface area (Å²) in [6.07, 6.45) is 8.49. The van der Waals surface area contributed by atoms with E-state index in [1.165, 1.54) is 19.3 Å². The van der Waals surface area contributed by atoms with Crippen molar-refractivity contribution >= 4 is 5.69 Å². The van der Waals surface area contributed by atoms with Gasteiger partial charge in [-0.15, -0.1) is 0 Å². The first kappa shape index (κ1) is 6.65. The summed E-state index contributed by atoms with van der Waals surface area (Å²) in [5.41, 5.74) is 7.74. The lowest BCUT2D eigenvalue weighted by Gasteiger charge is -2.25. The van der Waals surface area contributed by atoms with E-state index >= 15 is 0 Å². The van der Waals surface area contributed by atoms with Crippen LogP contribution in [0.15, 0.2) is 12.3 Å². The summed E-state index contributed by atoms with van der Waals surface area (Å²) in [7, 11) is 0. The van der Waals surface area contributed by atoms with Crippen LogP contribution in [0.5, 0.6) is 0 Å². The predicted octanol–water partition coefficient (Wildman–Crippen LogP) is 1.73. The zero-order valence-corrected chi connectivity index (χ0v) is 6.38. The normalized spacial score (nSPS) is 17.8. The molecule has 1 aromatic rings. The quantitative estimate of drug-likeness (QED) is 0.657. The number of pyridine rings is 1. The van der Waals surface area contributed by atoms with Crippen molar-refractivity contribution in [2.24, 2.45) is 0 Å². The van der Waals surface area contributed by atoms with Crippen molar-refractivity contribution in [3.8, 4) is 0 Å². The van der Waals surface area contributed by atoms with Crippen LogP contribution in [0.1, 0.15) is 30.7 Å². The molecule has 2 nitrogen and oxygen atoms in total. The zero-order chi connectivity index (χ0) is 7.68. The van der Waals surface area contributed by atoms with Crippen LogP contribution in [0.3, 0.4) is 0 Å². The van der Waals surface area contributed by atoms with Crippen LogP contribution in [0.4, 0.5) is 5.69 Å². The second kappa shape index (κ2) is 2.53. The predicted molar refractivity (Wildman–Crippen MR) is 44.1 cm³/mol. The first-order valence-electron chi connectivity index (χ1n) is 4.00. The molecule has 1 fully saturated rings. The maximum absolute atomic E-state index is 5.76. The Balaban J connectivity index is 2.28. The van der Waals surface area contributed by atoms with Gasteiger partial charge in [-0.2, -0.15) is 0 Å². The molecule has 1 radical (unpaired) electrons. The largest absolute Gasteiger partial charge is 0.398 e. The number of hydrogen-bond donors (Lipinski definition) is 1. The van der Waals surface area contributed by atoms with Crippen molar-refractivity contribution in [2.75, 3.05) is 5.73 Å². The fraction of sp³-hybridized carbons (Fsp3) is 0.444. The van der Waals surface area contributed by atoms with Crippen molar-refractivity contribution in [1.29, 1.82) is 0 Å². The van der Waals surface area contributed by atoms with Crippen LogP contribution in [0, 0.1) is 6.20 Å². The molecule has 0 amide bonds. The molecular weight excluding hydrogens is 136 g/mol. The lowest BCUT2D eigenvalue weighted by Crippen LogP contribution is -2.11. The summed E-state index contributed by atoms with van der Waals surface area (Å²) < 4.78 is 0. The molecule has 57 valence electrons. The number of nitrogens with zero attached hydrogens (tertiary/aromatic N) is 1. The van der Waals surface area contributed by atoms with Gasteiger partial charge in [0, 0.05) is 17.4 Å². The van der Waals surface area contributed by atoms with Crippen molar-refractivity contribution in [3.63, 3.8) is 0 Å². The van der Waals surface area contributed by atoms with Crippen LogP contribution in [0.25, 0.3) is 0 Å². The number of nitrogens with two attached hydrogens (primary N) is 1. The van der Waals surface area contributed by atoms with Gasteiger partial charge in [-0.25, -0.2) is 0 Å². The molecule has 1 saturated carbocycles. The maximum Gasteiger partial charge on any atom is 0.0945 e. The highest BCUT2D eigenvalue weighted by atomic mass is 14.7. The molecule has 1 aliphatic rings. The fourth-order valence-electron chi connectivity index (χ4n) is 1.40. The Morgan fingerprint density at radius 1 is 1.55 bits per heavy atom. The van der Waals surface area contributed by atoms with E-state index in [-0.39, 0.29) is 0 Å². The lowest BCUT2D eigenvalue weighted by molar-refractivity contribution is 0.419. The Kier molecular flexibility index (Phi) is 1.53. The number of nitrogen functional groups attached to an aromatic ring is 1. The Bertz CT molecular complexity index is 253. The molecule has 1 aromatic heterocycles. The molecular formula is C9H11N2. The fourth-order valence-corrected chi connectivity index (χ4v) is 1.40. The van der Waals surface area contributed by atoms with Crippen molar-refractivity contribution in [3.05, 3.63) is 24.0 Å². The monoisotopic (exact) mass is 147 g/mol. The first-order chi connectivity index (χ1) is 5.38. The molecule has 2 N–H and O–H groups in total. The standard InChI is InChI=1S/C9H11N2/c10-9-4-5-11-6-8(9)7-2-1-3-7/h4-5,7H,1-3H2,(H2,10,11). The maximum atomic E-state index is 5.76. The summed E-state index contributed by atoms with van der Waals surface area (Å²) >= 11 is 0. The van der Waals surface area contributed by atoms with Crippen molar-refractivity contribution < 1.29 is 0 Å². The van der Waals surface area contributed by atoms with E-state index in [0.717, 1.165) is 11.3 Å². The smallest absolute Gasteiger partial charge is 0.0945 e. The highest BCUT2D eigenvalue weighted by molar-refractivity contribution is 5.46. The number of hydrogen-bond acceptors (Lipinski definition) is 2. The van der Waals surface area contributed by atoms with E-state index in [0.29, 0.717) is 5.92 Å². The Morgan fingerprint density at radius 2 is 2.36 bits per heavy atom. The van der Waals surface area contributed by atoms with Crippen molar-refractivity contribution in [2.45, 2.75) is 25.2 Å². The van der Waals surface area contributed by atoms with Crippen LogP contribution in [0.2, 0.25) is 0 Å². The molecule has 0 aliphatic heterocycles. The minimum absolute atomic E-state index is 0.642. The molecule has 0 bridgehead atoms. The summed E-state index contributed by atoms with van der Waals surface area (Å²) in [5, 5.41) is 0.